The predicted molar refractivity (Wildman–Crippen MR) is 113 cm³/mol. The minimum Gasteiger partial charge on any atom is -0.322 e. The maximum atomic E-state index is 12.4. The van der Waals surface area contributed by atoms with Gasteiger partial charge in [0.05, 0.1) is 5.75 Å². The Labute approximate surface area is 170 Å². The number of anilines is 2. The first-order chi connectivity index (χ1) is 13.9. The number of benzene rings is 2. The number of carbonyl (C=O) groups is 2. The van der Waals surface area contributed by atoms with Gasteiger partial charge in [-0.1, -0.05) is 18.2 Å². The Morgan fingerprint density at radius 3 is 2.38 bits per heavy atom. The fourth-order valence-corrected chi connectivity index (χ4v) is 4.16. The molecule has 0 radical (unpaired) electrons. The zero-order valence-electron chi connectivity index (χ0n) is 15.9. The van der Waals surface area contributed by atoms with Gasteiger partial charge in [0.25, 0.3) is 5.91 Å². The molecule has 2 N–H and O–H groups in total. The van der Waals surface area contributed by atoms with Crippen molar-refractivity contribution < 1.29 is 18.0 Å². The second-order valence-corrected chi connectivity index (χ2v) is 8.55. The molecule has 0 spiro atoms. The summed E-state index contributed by atoms with van der Waals surface area (Å²) in [6.45, 7) is 4.36. The van der Waals surface area contributed by atoms with Crippen LogP contribution in [-0.2, 0) is 20.6 Å². The Bertz CT molecular complexity index is 999. The summed E-state index contributed by atoms with van der Waals surface area (Å²) >= 11 is 0. The van der Waals surface area contributed by atoms with Gasteiger partial charge < -0.3 is 10.2 Å². The minimum absolute atomic E-state index is 0.101. The molecule has 2 aromatic carbocycles. The molecule has 0 saturated carbocycles. The van der Waals surface area contributed by atoms with Crippen LogP contribution >= 0.6 is 0 Å². The SMILES string of the molecule is C=CCNS(=O)(=O)Cc1ccc(NC(=O)c2ccc(N3CCCC3=O)cc2)cc1. The summed E-state index contributed by atoms with van der Waals surface area (Å²) in [5.41, 5.74) is 2.44. The first kappa shape index (κ1) is 20.8. The number of hydrogen-bond acceptors (Lipinski definition) is 4. The van der Waals surface area contributed by atoms with Crippen LogP contribution in [-0.4, -0.2) is 33.3 Å². The molecule has 2 aromatic rings. The lowest BCUT2D eigenvalue weighted by Gasteiger charge is -2.15. The van der Waals surface area contributed by atoms with Crippen LogP contribution in [0.4, 0.5) is 11.4 Å². The fraction of sp³-hybridized carbons (Fsp3) is 0.238. The number of sulfonamides is 1. The highest BCUT2D eigenvalue weighted by Crippen LogP contribution is 2.22. The fourth-order valence-electron chi connectivity index (χ4n) is 3.06. The topological polar surface area (TPSA) is 95.6 Å². The van der Waals surface area contributed by atoms with Crippen molar-refractivity contribution in [3.63, 3.8) is 0 Å². The highest BCUT2D eigenvalue weighted by atomic mass is 32.2. The summed E-state index contributed by atoms with van der Waals surface area (Å²) in [5, 5.41) is 2.78. The molecule has 152 valence electrons. The minimum atomic E-state index is -3.43. The first-order valence-corrected chi connectivity index (χ1v) is 10.9. The van der Waals surface area contributed by atoms with Crippen molar-refractivity contribution in [1.29, 1.82) is 0 Å². The van der Waals surface area contributed by atoms with E-state index in [1.807, 2.05) is 0 Å². The molecule has 0 unspecified atom stereocenters. The third-order valence-electron chi connectivity index (χ3n) is 4.53. The van der Waals surface area contributed by atoms with Gasteiger partial charge in [-0.2, -0.15) is 0 Å². The van der Waals surface area contributed by atoms with Crippen LogP contribution < -0.4 is 14.9 Å². The van der Waals surface area contributed by atoms with Gasteiger partial charge in [0.2, 0.25) is 15.9 Å². The van der Waals surface area contributed by atoms with E-state index in [2.05, 4.69) is 16.6 Å². The van der Waals surface area contributed by atoms with Crippen LogP contribution in [0.5, 0.6) is 0 Å². The third kappa shape index (κ3) is 5.52. The molecular weight excluding hydrogens is 390 g/mol. The molecule has 0 bridgehead atoms. The van der Waals surface area contributed by atoms with E-state index in [1.54, 1.807) is 53.4 Å². The van der Waals surface area contributed by atoms with Gasteiger partial charge in [-0.05, 0) is 48.4 Å². The molecule has 1 fully saturated rings. The van der Waals surface area contributed by atoms with Gasteiger partial charge in [-0.15, -0.1) is 6.58 Å². The standard InChI is InChI=1S/C21H23N3O4S/c1-2-13-22-29(27,28)15-16-5-9-18(10-6-16)23-21(26)17-7-11-19(12-8-17)24-14-3-4-20(24)25/h2,5-12,22H,1,3-4,13-15H2,(H,23,26). The highest BCUT2D eigenvalue weighted by molar-refractivity contribution is 7.88. The normalized spacial score (nSPS) is 14.1. The third-order valence-corrected chi connectivity index (χ3v) is 5.85. The van der Waals surface area contributed by atoms with Gasteiger partial charge in [0.15, 0.2) is 0 Å². The van der Waals surface area contributed by atoms with Gasteiger partial charge in [0, 0.05) is 36.4 Å². The zero-order chi connectivity index (χ0) is 20.9. The average Bonchev–Trinajstić information content (AvgIpc) is 3.14. The Balaban J connectivity index is 1.60. The van der Waals surface area contributed by atoms with Crippen LogP contribution in [0.2, 0.25) is 0 Å². The number of hydrogen-bond donors (Lipinski definition) is 2. The molecule has 0 aromatic heterocycles. The summed E-state index contributed by atoms with van der Waals surface area (Å²) in [6.07, 6.45) is 2.89. The number of rotatable bonds is 8. The molecule has 2 amide bonds. The van der Waals surface area contributed by atoms with E-state index >= 15 is 0 Å². The average molecular weight is 413 g/mol. The van der Waals surface area contributed by atoms with E-state index in [4.69, 9.17) is 0 Å². The summed E-state index contributed by atoms with van der Waals surface area (Å²) < 4.78 is 26.2. The summed E-state index contributed by atoms with van der Waals surface area (Å²) in [4.78, 5) is 26.0. The molecule has 1 aliphatic rings. The maximum absolute atomic E-state index is 12.4. The van der Waals surface area contributed by atoms with Crippen molar-refractivity contribution in [3.8, 4) is 0 Å². The Morgan fingerprint density at radius 1 is 1.10 bits per heavy atom. The van der Waals surface area contributed by atoms with Crippen molar-refractivity contribution in [2.45, 2.75) is 18.6 Å². The monoisotopic (exact) mass is 413 g/mol. The second kappa shape index (κ2) is 9.02. The molecule has 8 heteroatoms. The molecule has 29 heavy (non-hydrogen) atoms. The zero-order valence-corrected chi connectivity index (χ0v) is 16.7. The highest BCUT2D eigenvalue weighted by Gasteiger charge is 2.21. The maximum Gasteiger partial charge on any atom is 0.255 e. The molecule has 7 nitrogen and oxygen atoms in total. The van der Waals surface area contributed by atoms with E-state index < -0.39 is 10.0 Å². The molecule has 1 heterocycles. The molecule has 0 atom stereocenters. The van der Waals surface area contributed by atoms with Crippen LogP contribution in [0, 0.1) is 0 Å². The van der Waals surface area contributed by atoms with Crippen molar-refractivity contribution >= 4 is 33.2 Å². The predicted octanol–water partition coefficient (Wildman–Crippen LogP) is 2.67. The van der Waals surface area contributed by atoms with Crippen LogP contribution in [0.3, 0.4) is 0 Å². The largest absolute Gasteiger partial charge is 0.322 e. The molecule has 1 aliphatic heterocycles. The van der Waals surface area contributed by atoms with Gasteiger partial charge in [-0.3, -0.25) is 9.59 Å². The summed E-state index contributed by atoms with van der Waals surface area (Å²) in [5.74, 6) is -0.326. The number of carbonyl (C=O) groups excluding carboxylic acids is 2. The van der Waals surface area contributed by atoms with Crippen molar-refractivity contribution in [2.24, 2.45) is 0 Å². The van der Waals surface area contributed by atoms with Crippen molar-refractivity contribution in [2.75, 3.05) is 23.3 Å². The lowest BCUT2D eigenvalue weighted by molar-refractivity contribution is -0.117. The smallest absolute Gasteiger partial charge is 0.255 e. The van der Waals surface area contributed by atoms with E-state index in [0.29, 0.717) is 29.8 Å². The van der Waals surface area contributed by atoms with Crippen LogP contribution in [0.1, 0.15) is 28.8 Å². The van der Waals surface area contributed by atoms with Gasteiger partial charge in [-0.25, -0.2) is 13.1 Å². The number of nitrogens with zero attached hydrogens (tertiary/aromatic N) is 1. The van der Waals surface area contributed by atoms with Gasteiger partial charge >= 0.3 is 0 Å². The Hall–Kier alpha value is -2.97. The van der Waals surface area contributed by atoms with Gasteiger partial charge in [0.1, 0.15) is 0 Å². The van der Waals surface area contributed by atoms with E-state index in [0.717, 1.165) is 12.1 Å². The quantitative estimate of drug-likeness (QED) is 0.651. The second-order valence-electron chi connectivity index (χ2n) is 6.74. The van der Waals surface area contributed by atoms with E-state index in [1.165, 1.54) is 6.08 Å². The number of amides is 2. The molecular formula is C21H23N3O4S. The summed E-state index contributed by atoms with van der Waals surface area (Å²) in [6, 6.07) is 13.5. The molecule has 3 rings (SSSR count). The Morgan fingerprint density at radius 2 is 1.79 bits per heavy atom. The van der Waals surface area contributed by atoms with Crippen molar-refractivity contribution in [1.82, 2.24) is 4.72 Å². The van der Waals surface area contributed by atoms with Crippen LogP contribution in [0.25, 0.3) is 0 Å². The molecule has 1 saturated heterocycles. The lowest BCUT2D eigenvalue weighted by Crippen LogP contribution is -2.25. The van der Waals surface area contributed by atoms with E-state index in [-0.39, 0.29) is 24.1 Å². The van der Waals surface area contributed by atoms with Crippen molar-refractivity contribution in [3.05, 3.63) is 72.3 Å². The van der Waals surface area contributed by atoms with E-state index in [9.17, 15) is 18.0 Å². The molecule has 0 aliphatic carbocycles. The Kier molecular flexibility index (Phi) is 6.46. The number of nitrogens with one attached hydrogen (secondary N) is 2. The first-order valence-electron chi connectivity index (χ1n) is 9.27. The lowest BCUT2D eigenvalue weighted by atomic mass is 10.1. The van der Waals surface area contributed by atoms with Crippen LogP contribution in [0.15, 0.2) is 61.2 Å². The summed E-state index contributed by atoms with van der Waals surface area (Å²) in [7, 11) is -3.43.